The molecule has 0 aliphatic carbocycles. The van der Waals surface area contributed by atoms with Crippen molar-refractivity contribution in [2.45, 2.75) is 0 Å². The van der Waals surface area contributed by atoms with Crippen LogP contribution in [0.15, 0.2) is 27.4 Å². The molecule has 0 bridgehead atoms. The van der Waals surface area contributed by atoms with Crippen LogP contribution < -0.4 is 5.32 Å². The molecule has 1 aliphatic heterocycles. The Labute approximate surface area is 96.2 Å². The Balaban J connectivity index is 2.65. The molecule has 0 aromatic rings. The third kappa shape index (κ3) is 3.17. The molecule has 3 N–H and O–H groups in total. The number of nitrogens with one attached hydrogen (secondary N) is 2. The van der Waals surface area contributed by atoms with Gasteiger partial charge in [0.25, 0.3) is 0 Å². The van der Waals surface area contributed by atoms with Gasteiger partial charge in [0.15, 0.2) is 0 Å². The summed E-state index contributed by atoms with van der Waals surface area (Å²) in [6, 6.07) is 0. The minimum atomic E-state index is -0.159. The SMILES string of the molecule is COCCN/C=C1\C(=N)C(Br)=CN=C1O. The van der Waals surface area contributed by atoms with Crippen LogP contribution in [0.1, 0.15) is 0 Å². The molecule has 1 rings (SSSR count). The van der Waals surface area contributed by atoms with Gasteiger partial charge >= 0.3 is 0 Å². The lowest BCUT2D eigenvalue weighted by Crippen LogP contribution is -2.20. The fourth-order valence-electron chi connectivity index (χ4n) is 0.964. The molecule has 15 heavy (non-hydrogen) atoms. The van der Waals surface area contributed by atoms with Gasteiger partial charge < -0.3 is 15.2 Å². The molecule has 0 aromatic heterocycles. The molecule has 0 spiro atoms. The Morgan fingerprint density at radius 3 is 3.13 bits per heavy atom. The number of halogens is 1. The van der Waals surface area contributed by atoms with Gasteiger partial charge in [-0.05, 0) is 15.9 Å². The lowest BCUT2D eigenvalue weighted by molar-refractivity contribution is 0.203. The smallest absolute Gasteiger partial charge is 0.221 e. The molecule has 0 saturated heterocycles. The topological polar surface area (TPSA) is 77.7 Å². The summed E-state index contributed by atoms with van der Waals surface area (Å²) in [5.41, 5.74) is 0.563. The molecule has 0 saturated carbocycles. The van der Waals surface area contributed by atoms with Gasteiger partial charge in [-0.15, -0.1) is 0 Å². The Bertz CT molecular complexity index is 343. The van der Waals surface area contributed by atoms with Gasteiger partial charge in [0.05, 0.1) is 22.4 Å². The van der Waals surface area contributed by atoms with Crippen LogP contribution in [0.5, 0.6) is 0 Å². The number of aliphatic hydroxyl groups is 1. The number of nitrogens with zero attached hydrogens (tertiary/aromatic N) is 1. The zero-order chi connectivity index (χ0) is 11.3. The first-order valence-corrected chi connectivity index (χ1v) is 5.10. The largest absolute Gasteiger partial charge is 0.493 e. The molecular weight excluding hydrogens is 262 g/mol. The maximum atomic E-state index is 9.42. The zero-order valence-corrected chi connectivity index (χ0v) is 9.84. The normalized spacial score (nSPS) is 18.8. The summed E-state index contributed by atoms with van der Waals surface area (Å²) >= 11 is 3.17. The number of aliphatic imine (C=N–C) groups is 1. The second-order valence-electron chi connectivity index (χ2n) is 2.81. The quantitative estimate of drug-likeness (QED) is 0.677. The number of rotatable bonds is 4. The first kappa shape index (κ1) is 11.9. The molecule has 0 fully saturated rings. The standard InChI is InChI=1S/C9H12BrN3O2/c1-15-3-2-12-4-6-8(11)7(10)5-13-9(6)14/h4-5,11-12H,2-3H2,1H3,(H,13,14)/b6-4+,11-8?. The van der Waals surface area contributed by atoms with E-state index in [1.807, 2.05) is 0 Å². The fourth-order valence-corrected chi connectivity index (χ4v) is 1.28. The minimum Gasteiger partial charge on any atom is -0.493 e. The number of methoxy groups -OCH3 is 1. The van der Waals surface area contributed by atoms with Crippen LogP contribution in [0.25, 0.3) is 0 Å². The van der Waals surface area contributed by atoms with Crippen LogP contribution >= 0.6 is 15.9 Å². The van der Waals surface area contributed by atoms with E-state index in [9.17, 15) is 5.11 Å². The summed E-state index contributed by atoms with van der Waals surface area (Å²) in [7, 11) is 1.61. The third-order valence-corrected chi connectivity index (χ3v) is 2.35. The molecule has 0 aromatic carbocycles. The molecule has 0 atom stereocenters. The number of hydrogen-bond acceptors (Lipinski definition) is 4. The Kier molecular flexibility index (Phi) is 4.51. The molecule has 1 heterocycles. The van der Waals surface area contributed by atoms with Gasteiger partial charge in [0.2, 0.25) is 5.90 Å². The summed E-state index contributed by atoms with van der Waals surface area (Å²) in [6.45, 7) is 1.17. The van der Waals surface area contributed by atoms with Crippen molar-refractivity contribution in [2.75, 3.05) is 20.3 Å². The number of aliphatic hydroxyl groups excluding tert-OH is 1. The summed E-state index contributed by atoms with van der Waals surface area (Å²) in [5.74, 6) is -0.159. The molecule has 6 heteroatoms. The lowest BCUT2D eigenvalue weighted by atomic mass is 10.1. The van der Waals surface area contributed by atoms with Crippen LogP contribution in [0.4, 0.5) is 0 Å². The van der Waals surface area contributed by atoms with E-state index in [1.165, 1.54) is 6.20 Å². The van der Waals surface area contributed by atoms with E-state index in [2.05, 4.69) is 26.2 Å². The van der Waals surface area contributed by atoms with Crippen LogP contribution in [0.3, 0.4) is 0 Å². The molecule has 1 aliphatic rings. The summed E-state index contributed by atoms with van der Waals surface area (Å²) in [4.78, 5) is 3.72. The fraction of sp³-hybridized carbons (Fsp3) is 0.333. The molecular formula is C9H12BrN3O2. The Morgan fingerprint density at radius 2 is 2.47 bits per heavy atom. The van der Waals surface area contributed by atoms with Gasteiger partial charge in [-0.2, -0.15) is 0 Å². The van der Waals surface area contributed by atoms with Crippen LogP contribution in [0, 0.1) is 5.41 Å². The van der Waals surface area contributed by atoms with E-state index < -0.39 is 0 Å². The molecule has 0 amide bonds. The van der Waals surface area contributed by atoms with Crippen LogP contribution in [-0.2, 0) is 4.74 Å². The second kappa shape index (κ2) is 5.67. The van der Waals surface area contributed by atoms with E-state index in [-0.39, 0.29) is 11.6 Å². The van der Waals surface area contributed by atoms with E-state index >= 15 is 0 Å². The van der Waals surface area contributed by atoms with E-state index in [1.54, 1.807) is 13.3 Å². The van der Waals surface area contributed by atoms with Crippen LogP contribution in [0.2, 0.25) is 0 Å². The summed E-state index contributed by atoms with van der Waals surface area (Å²) < 4.78 is 5.39. The molecule has 82 valence electrons. The van der Waals surface area contributed by atoms with Crippen molar-refractivity contribution in [3.63, 3.8) is 0 Å². The molecule has 0 radical (unpaired) electrons. The summed E-state index contributed by atoms with van der Waals surface area (Å²) in [6.07, 6.45) is 2.94. The maximum absolute atomic E-state index is 9.42. The third-order valence-electron chi connectivity index (χ3n) is 1.75. The van der Waals surface area contributed by atoms with E-state index in [0.717, 1.165) is 0 Å². The lowest BCUT2D eigenvalue weighted by Gasteiger charge is -2.11. The highest BCUT2D eigenvalue weighted by molar-refractivity contribution is 9.12. The van der Waals surface area contributed by atoms with Crippen molar-refractivity contribution in [3.8, 4) is 0 Å². The van der Waals surface area contributed by atoms with Gasteiger partial charge in [-0.3, -0.25) is 5.41 Å². The van der Waals surface area contributed by atoms with Gasteiger partial charge in [0, 0.05) is 26.1 Å². The maximum Gasteiger partial charge on any atom is 0.221 e. The summed E-state index contributed by atoms with van der Waals surface area (Å²) in [5, 5.41) is 20.0. The highest BCUT2D eigenvalue weighted by Gasteiger charge is 2.17. The zero-order valence-electron chi connectivity index (χ0n) is 8.25. The van der Waals surface area contributed by atoms with Gasteiger partial charge in [-0.25, -0.2) is 4.99 Å². The minimum absolute atomic E-state index is 0.159. The second-order valence-corrected chi connectivity index (χ2v) is 3.66. The van der Waals surface area contributed by atoms with Gasteiger partial charge in [0.1, 0.15) is 0 Å². The monoisotopic (exact) mass is 273 g/mol. The number of allylic oxidation sites excluding steroid dienone is 1. The van der Waals surface area contributed by atoms with Crippen molar-refractivity contribution in [3.05, 3.63) is 22.5 Å². The van der Waals surface area contributed by atoms with Crippen molar-refractivity contribution in [1.29, 1.82) is 5.41 Å². The Hall–Kier alpha value is -1.14. The van der Waals surface area contributed by atoms with Crippen LogP contribution in [-0.4, -0.2) is 37.0 Å². The Morgan fingerprint density at radius 1 is 1.73 bits per heavy atom. The average molecular weight is 274 g/mol. The van der Waals surface area contributed by atoms with E-state index in [4.69, 9.17) is 10.1 Å². The first-order valence-electron chi connectivity index (χ1n) is 4.31. The average Bonchev–Trinajstić information content (AvgIpc) is 2.23. The van der Waals surface area contributed by atoms with Crippen molar-refractivity contribution in [1.82, 2.24) is 5.32 Å². The van der Waals surface area contributed by atoms with E-state index in [0.29, 0.717) is 23.2 Å². The highest BCUT2D eigenvalue weighted by atomic mass is 79.9. The van der Waals surface area contributed by atoms with Crippen molar-refractivity contribution < 1.29 is 9.84 Å². The predicted octanol–water partition coefficient (Wildman–Crippen LogP) is 1.33. The van der Waals surface area contributed by atoms with Crippen molar-refractivity contribution >= 4 is 27.5 Å². The van der Waals surface area contributed by atoms with Crippen molar-refractivity contribution in [2.24, 2.45) is 4.99 Å². The van der Waals surface area contributed by atoms with Gasteiger partial charge in [-0.1, -0.05) is 0 Å². The molecule has 0 unspecified atom stereocenters. The number of ether oxygens (including phenoxy) is 1. The highest BCUT2D eigenvalue weighted by Crippen LogP contribution is 2.18. The number of hydrogen-bond donors (Lipinski definition) is 3. The molecule has 5 nitrogen and oxygen atoms in total. The first-order chi connectivity index (χ1) is 7.16. The predicted molar refractivity (Wildman–Crippen MR) is 62.8 cm³/mol.